The zero-order valence-electron chi connectivity index (χ0n) is 9.50. The Kier molecular flexibility index (Phi) is 3.08. The van der Waals surface area contributed by atoms with Gasteiger partial charge in [-0.2, -0.15) is 10.2 Å². The van der Waals surface area contributed by atoms with Crippen molar-refractivity contribution in [2.24, 2.45) is 0 Å². The predicted molar refractivity (Wildman–Crippen MR) is 63.2 cm³/mol. The number of aryl methyl sites for hydroxylation is 1. The third-order valence-corrected chi connectivity index (χ3v) is 2.20. The average Bonchev–Trinajstić information content (AvgIpc) is 2.88. The van der Waals surface area contributed by atoms with Gasteiger partial charge in [0, 0.05) is 25.0 Å². The van der Waals surface area contributed by atoms with E-state index >= 15 is 0 Å². The van der Waals surface area contributed by atoms with E-state index in [2.05, 4.69) is 15.5 Å². The highest BCUT2D eigenvalue weighted by atomic mass is 16.2. The number of anilines is 2. The maximum Gasteiger partial charge on any atom is 0.247 e. The lowest BCUT2D eigenvalue weighted by Crippen LogP contribution is -2.19. The van der Waals surface area contributed by atoms with Crippen LogP contribution in [0, 0.1) is 0 Å². The topological polar surface area (TPSA) is 90.8 Å². The summed E-state index contributed by atoms with van der Waals surface area (Å²) in [5, 5.41) is 10.7. The van der Waals surface area contributed by atoms with Gasteiger partial charge in [-0.15, -0.1) is 0 Å². The minimum atomic E-state index is -0.186. The molecular weight excluding hydrogens is 220 g/mol. The number of carbonyl (C=O) groups is 1. The minimum Gasteiger partial charge on any atom is -0.382 e. The van der Waals surface area contributed by atoms with Crippen molar-refractivity contribution in [1.82, 2.24) is 19.6 Å². The van der Waals surface area contributed by atoms with E-state index in [0.29, 0.717) is 11.6 Å². The SMILES string of the molecule is CCn1ccc(NC(=O)Cn2ccc(N)n2)n1. The molecule has 0 spiro atoms. The highest BCUT2D eigenvalue weighted by Gasteiger charge is 2.06. The van der Waals surface area contributed by atoms with Gasteiger partial charge in [0.1, 0.15) is 12.4 Å². The Labute approximate surface area is 98.2 Å². The number of carbonyl (C=O) groups excluding carboxylic acids is 1. The van der Waals surface area contributed by atoms with Crippen molar-refractivity contribution in [3.63, 3.8) is 0 Å². The summed E-state index contributed by atoms with van der Waals surface area (Å²) >= 11 is 0. The number of rotatable bonds is 4. The van der Waals surface area contributed by atoms with E-state index in [-0.39, 0.29) is 12.5 Å². The van der Waals surface area contributed by atoms with Crippen LogP contribution >= 0.6 is 0 Å². The first kappa shape index (κ1) is 11.2. The number of nitrogen functional groups attached to an aromatic ring is 1. The van der Waals surface area contributed by atoms with E-state index in [1.165, 1.54) is 4.68 Å². The molecule has 0 radical (unpaired) electrons. The Morgan fingerprint density at radius 2 is 2.12 bits per heavy atom. The van der Waals surface area contributed by atoms with Gasteiger partial charge in [-0.25, -0.2) is 0 Å². The molecule has 0 aliphatic heterocycles. The van der Waals surface area contributed by atoms with Crippen molar-refractivity contribution < 1.29 is 4.79 Å². The highest BCUT2D eigenvalue weighted by molar-refractivity contribution is 5.89. The summed E-state index contributed by atoms with van der Waals surface area (Å²) in [6, 6.07) is 3.39. The fraction of sp³-hybridized carbons (Fsp3) is 0.300. The number of amides is 1. The van der Waals surface area contributed by atoms with Crippen LogP contribution in [0.2, 0.25) is 0 Å². The smallest absolute Gasteiger partial charge is 0.247 e. The molecule has 0 aliphatic carbocycles. The van der Waals surface area contributed by atoms with Crippen LogP contribution < -0.4 is 11.1 Å². The largest absolute Gasteiger partial charge is 0.382 e. The minimum absolute atomic E-state index is 0.121. The molecule has 0 atom stereocenters. The van der Waals surface area contributed by atoms with Crippen LogP contribution in [0.3, 0.4) is 0 Å². The lowest BCUT2D eigenvalue weighted by molar-refractivity contribution is -0.116. The maximum atomic E-state index is 11.6. The molecule has 0 unspecified atom stereocenters. The summed E-state index contributed by atoms with van der Waals surface area (Å²) in [5.74, 6) is 0.750. The number of nitrogens with zero attached hydrogens (tertiary/aromatic N) is 4. The van der Waals surface area contributed by atoms with Crippen molar-refractivity contribution in [2.45, 2.75) is 20.0 Å². The van der Waals surface area contributed by atoms with Gasteiger partial charge >= 0.3 is 0 Å². The van der Waals surface area contributed by atoms with Crippen LogP contribution in [0.4, 0.5) is 11.6 Å². The van der Waals surface area contributed by atoms with E-state index in [1.54, 1.807) is 23.0 Å². The second-order valence-electron chi connectivity index (χ2n) is 3.54. The molecule has 0 aromatic carbocycles. The van der Waals surface area contributed by atoms with Gasteiger partial charge in [-0.3, -0.25) is 14.2 Å². The number of nitrogens with two attached hydrogens (primary N) is 1. The van der Waals surface area contributed by atoms with Gasteiger partial charge in [-0.05, 0) is 13.0 Å². The number of aromatic nitrogens is 4. The molecule has 2 aromatic rings. The molecule has 90 valence electrons. The summed E-state index contributed by atoms with van der Waals surface area (Å²) in [4.78, 5) is 11.6. The third kappa shape index (κ3) is 2.83. The lowest BCUT2D eigenvalue weighted by atomic mass is 10.5. The van der Waals surface area contributed by atoms with Crippen LogP contribution in [-0.4, -0.2) is 25.5 Å². The molecule has 17 heavy (non-hydrogen) atoms. The van der Waals surface area contributed by atoms with Crippen molar-refractivity contribution in [3.8, 4) is 0 Å². The van der Waals surface area contributed by atoms with Gasteiger partial charge in [0.25, 0.3) is 0 Å². The van der Waals surface area contributed by atoms with E-state index in [0.717, 1.165) is 6.54 Å². The summed E-state index contributed by atoms with van der Waals surface area (Å²) in [5.41, 5.74) is 5.45. The molecule has 2 aromatic heterocycles. The molecule has 0 aliphatic rings. The number of hydrogen-bond acceptors (Lipinski definition) is 4. The predicted octanol–water partition coefficient (Wildman–Crippen LogP) is 0.320. The van der Waals surface area contributed by atoms with Crippen LogP contribution in [-0.2, 0) is 17.9 Å². The summed E-state index contributed by atoms with van der Waals surface area (Å²) < 4.78 is 3.21. The van der Waals surface area contributed by atoms with E-state index in [1.807, 2.05) is 13.1 Å². The second kappa shape index (κ2) is 4.69. The fourth-order valence-corrected chi connectivity index (χ4v) is 1.40. The van der Waals surface area contributed by atoms with E-state index < -0.39 is 0 Å². The molecule has 7 heteroatoms. The second-order valence-corrected chi connectivity index (χ2v) is 3.54. The molecular formula is C10H14N6O. The quantitative estimate of drug-likeness (QED) is 0.797. The number of hydrogen-bond donors (Lipinski definition) is 2. The summed E-state index contributed by atoms with van der Waals surface area (Å²) in [6.45, 7) is 2.87. The molecule has 0 saturated heterocycles. The average molecular weight is 234 g/mol. The zero-order chi connectivity index (χ0) is 12.3. The molecule has 0 saturated carbocycles. The van der Waals surface area contributed by atoms with Gasteiger partial charge in [0.15, 0.2) is 5.82 Å². The Balaban J connectivity index is 1.93. The van der Waals surface area contributed by atoms with Crippen LogP contribution in [0.1, 0.15) is 6.92 Å². The highest BCUT2D eigenvalue weighted by Crippen LogP contribution is 2.03. The van der Waals surface area contributed by atoms with Gasteiger partial charge in [0.2, 0.25) is 5.91 Å². The van der Waals surface area contributed by atoms with Crippen molar-refractivity contribution in [1.29, 1.82) is 0 Å². The van der Waals surface area contributed by atoms with Crippen molar-refractivity contribution in [3.05, 3.63) is 24.5 Å². The Morgan fingerprint density at radius 3 is 2.71 bits per heavy atom. The molecule has 0 bridgehead atoms. The van der Waals surface area contributed by atoms with Gasteiger partial charge in [-0.1, -0.05) is 0 Å². The first-order valence-corrected chi connectivity index (χ1v) is 5.29. The van der Waals surface area contributed by atoms with Gasteiger partial charge in [0.05, 0.1) is 0 Å². The molecule has 1 amide bonds. The molecule has 2 heterocycles. The first-order chi connectivity index (χ1) is 8.17. The lowest BCUT2D eigenvalue weighted by Gasteiger charge is -2.02. The molecule has 0 fully saturated rings. The summed E-state index contributed by atoms with van der Waals surface area (Å²) in [7, 11) is 0. The van der Waals surface area contributed by atoms with E-state index in [4.69, 9.17) is 5.73 Å². The normalized spacial score (nSPS) is 10.4. The molecule has 3 N–H and O–H groups in total. The monoisotopic (exact) mass is 234 g/mol. The van der Waals surface area contributed by atoms with Crippen molar-refractivity contribution >= 4 is 17.5 Å². The van der Waals surface area contributed by atoms with Crippen molar-refractivity contribution in [2.75, 3.05) is 11.1 Å². The van der Waals surface area contributed by atoms with Crippen LogP contribution in [0.25, 0.3) is 0 Å². The molecule has 7 nitrogen and oxygen atoms in total. The third-order valence-electron chi connectivity index (χ3n) is 2.20. The van der Waals surface area contributed by atoms with E-state index in [9.17, 15) is 4.79 Å². The maximum absolute atomic E-state index is 11.6. The standard InChI is InChI=1S/C10H14N6O/c1-2-15-6-4-9(14-15)12-10(17)7-16-5-3-8(11)13-16/h3-6H,2,7H2,1H3,(H2,11,13)(H,12,14,17). The zero-order valence-corrected chi connectivity index (χ0v) is 9.50. The van der Waals surface area contributed by atoms with Crippen LogP contribution in [0.15, 0.2) is 24.5 Å². The summed E-state index contributed by atoms with van der Waals surface area (Å²) in [6.07, 6.45) is 3.46. The van der Waals surface area contributed by atoms with Gasteiger partial charge < -0.3 is 11.1 Å². The Morgan fingerprint density at radius 1 is 1.35 bits per heavy atom. The number of nitrogens with one attached hydrogen (secondary N) is 1. The Hall–Kier alpha value is -2.31. The Bertz CT molecular complexity index is 514. The molecule has 2 rings (SSSR count). The van der Waals surface area contributed by atoms with Crippen LogP contribution in [0.5, 0.6) is 0 Å². The first-order valence-electron chi connectivity index (χ1n) is 5.29. The fourth-order valence-electron chi connectivity index (χ4n) is 1.40.